The van der Waals surface area contributed by atoms with Crippen LogP contribution in [0.15, 0.2) is 24.3 Å². The molecule has 1 aromatic carbocycles. The summed E-state index contributed by atoms with van der Waals surface area (Å²) in [5.74, 6) is -0.317. The summed E-state index contributed by atoms with van der Waals surface area (Å²) in [6.45, 7) is 1.99. The largest absolute Gasteiger partial charge is 0.387 e. The van der Waals surface area contributed by atoms with Crippen LogP contribution in [-0.4, -0.2) is 30.9 Å². The SMILES string of the molecule is OC(CNCC1CCCCO1)c1cccc(F)c1. The minimum atomic E-state index is -0.677. The Bertz CT molecular complexity index is 367. The third-order valence-electron chi connectivity index (χ3n) is 3.22. The molecule has 1 fully saturated rings. The Kier molecular flexibility index (Phi) is 5.11. The molecule has 2 unspecified atom stereocenters. The van der Waals surface area contributed by atoms with Gasteiger partial charge in [-0.3, -0.25) is 0 Å². The first-order valence-corrected chi connectivity index (χ1v) is 6.51. The first-order valence-electron chi connectivity index (χ1n) is 6.51. The van der Waals surface area contributed by atoms with E-state index in [0.29, 0.717) is 12.1 Å². The van der Waals surface area contributed by atoms with Crippen molar-refractivity contribution in [3.05, 3.63) is 35.6 Å². The molecule has 1 aliphatic rings. The number of benzene rings is 1. The van der Waals surface area contributed by atoms with E-state index in [1.54, 1.807) is 12.1 Å². The van der Waals surface area contributed by atoms with Crippen molar-refractivity contribution in [2.75, 3.05) is 19.7 Å². The molecule has 0 aliphatic carbocycles. The summed E-state index contributed by atoms with van der Waals surface area (Å²) >= 11 is 0. The second-order valence-electron chi connectivity index (χ2n) is 4.72. The zero-order valence-corrected chi connectivity index (χ0v) is 10.4. The highest BCUT2D eigenvalue weighted by Gasteiger charge is 2.14. The van der Waals surface area contributed by atoms with Gasteiger partial charge in [0.2, 0.25) is 0 Å². The van der Waals surface area contributed by atoms with Gasteiger partial charge in [0.15, 0.2) is 0 Å². The van der Waals surface area contributed by atoms with Gasteiger partial charge in [-0.05, 0) is 37.0 Å². The van der Waals surface area contributed by atoms with Crippen molar-refractivity contribution in [3.8, 4) is 0 Å². The van der Waals surface area contributed by atoms with Crippen LogP contribution in [0, 0.1) is 5.82 Å². The second kappa shape index (κ2) is 6.83. The van der Waals surface area contributed by atoms with Crippen molar-refractivity contribution in [2.45, 2.75) is 31.5 Å². The molecule has 2 atom stereocenters. The van der Waals surface area contributed by atoms with E-state index in [2.05, 4.69) is 5.32 Å². The van der Waals surface area contributed by atoms with E-state index in [9.17, 15) is 9.50 Å². The molecular formula is C14H20FNO2. The molecule has 0 spiro atoms. The summed E-state index contributed by atoms with van der Waals surface area (Å²) in [4.78, 5) is 0. The summed E-state index contributed by atoms with van der Waals surface area (Å²) in [6, 6.07) is 6.08. The molecular weight excluding hydrogens is 233 g/mol. The first-order chi connectivity index (χ1) is 8.75. The average molecular weight is 253 g/mol. The van der Waals surface area contributed by atoms with Crippen LogP contribution in [0.4, 0.5) is 4.39 Å². The number of hydrogen-bond acceptors (Lipinski definition) is 3. The van der Waals surface area contributed by atoms with Crippen LogP contribution in [0.5, 0.6) is 0 Å². The Labute approximate surface area is 107 Å². The summed E-state index contributed by atoms with van der Waals surface area (Å²) < 4.78 is 18.6. The van der Waals surface area contributed by atoms with Crippen molar-refractivity contribution in [1.29, 1.82) is 0 Å². The highest BCUT2D eigenvalue weighted by molar-refractivity contribution is 5.18. The lowest BCUT2D eigenvalue weighted by atomic mass is 10.1. The zero-order chi connectivity index (χ0) is 12.8. The molecule has 1 saturated heterocycles. The highest BCUT2D eigenvalue weighted by atomic mass is 19.1. The Balaban J connectivity index is 1.72. The fourth-order valence-corrected chi connectivity index (χ4v) is 2.18. The standard InChI is InChI=1S/C14H20FNO2/c15-12-5-3-4-11(8-12)14(17)10-16-9-13-6-1-2-7-18-13/h3-5,8,13-14,16-17H,1-2,6-7,9-10H2. The molecule has 3 nitrogen and oxygen atoms in total. The van der Waals surface area contributed by atoms with Crippen molar-refractivity contribution in [1.82, 2.24) is 5.32 Å². The third kappa shape index (κ3) is 4.05. The lowest BCUT2D eigenvalue weighted by Crippen LogP contribution is -2.34. The molecule has 1 heterocycles. The van der Waals surface area contributed by atoms with E-state index in [1.165, 1.54) is 18.6 Å². The second-order valence-corrected chi connectivity index (χ2v) is 4.72. The molecule has 0 radical (unpaired) electrons. The number of nitrogens with one attached hydrogen (secondary N) is 1. The smallest absolute Gasteiger partial charge is 0.123 e. The van der Waals surface area contributed by atoms with Gasteiger partial charge >= 0.3 is 0 Å². The van der Waals surface area contributed by atoms with Gasteiger partial charge in [-0.15, -0.1) is 0 Å². The molecule has 0 bridgehead atoms. The quantitative estimate of drug-likeness (QED) is 0.843. The minimum absolute atomic E-state index is 0.249. The lowest BCUT2D eigenvalue weighted by molar-refractivity contribution is 0.0152. The Morgan fingerprint density at radius 1 is 1.44 bits per heavy atom. The number of rotatable bonds is 5. The van der Waals surface area contributed by atoms with E-state index < -0.39 is 6.10 Å². The predicted molar refractivity (Wildman–Crippen MR) is 67.8 cm³/mol. The highest BCUT2D eigenvalue weighted by Crippen LogP contribution is 2.14. The molecule has 4 heteroatoms. The average Bonchev–Trinajstić information content (AvgIpc) is 2.40. The van der Waals surface area contributed by atoms with Gasteiger partial charge in [-0.2, -0.15) is 0 Å². The van der Waals surface area contributed by atoms with Crippen LogP contribution in [0.3, 0.4) is 0 Å². The zero-order valence-electron chi connectivity index (χ0n) is 10.4. The minimum Gasteiger partial charge on any atom is -0.387 e. The molecule has 2 rings (SSSR count). The number of hydrogen-bond donors (Lipinski definition) is 2. The number of aliphatic hydroxyl groups is 1. The monoisotopic (exact) mass is 253 g/mol. The van der Waals surface area contributed by atoms with Crippen LogP contribution in [0.2, 0.25) is 0 Å². The Hall–Kier alpha value is -0.970. The lowest BCUT2D eigenvalue weighted by Gasteiger charge is -2.23. The molecule has 0 amide bonds. The van der Waals surface area contributed by atoms with Crippen molar-refractivity contribution < 1.29 is 14.2 Å². The van der Waals surface area contributed by atoms with Gasteiger partial charge in [-0.25, -0.2) is 4.39 Å². The van der Waals surface area contributed by atoms with Crippen molar-refractivity contribution >= 4 is 0 Å². The van der Waals surface area contributed by atoms with E-state index >= 15 is 0 Å². The molecule has 0 aromatic heterocycles. The normalized spacial score (nSPS) is 21.8. The molecule has 18 heavy (non-hydrogen) atoms. The molecule has 1 aromatic rings. The fourth-order valence-electron chi connectivity index (χ4n) is 2.18. The van der Waals surface area contributed by atoms with Gasteiger partial charge in [-0.1, -0.05) is 12.1 Å². The van der Waals surface area contributed by atoms with Gasteiger partial charge in [0.1, 0.15) is 5.82 Å². The molecule has 0 saturated carbocycles. The van der Waals surface area contributed by atoms with Gasteiger partial charge in [0.05, 0.1) is 12.2 Å². The number of halogens is 1. The van der Waals surface area contributed by atoms with Crippen molar-refractivity contribution in [2.24, 2.45) is 0 Å². The fraction of sp³-hybridized carbons (Fsp3) is 0.571. The number of aliphatic hydroxyl groups excluding tert-OH is 1. The first kappa shape index (κ1) is 13.5. The van der Waals surface area contributed by atoms with Crippen molar-refractivity contribution in [3.63, 3.8) is 0 Å². The van der Waals surface area contributed by atoms with E-state index in [-0.39, 0.29) is 11.9 Å². The van der Waals surface area contributed by atoms with Crippen LogP contribution in [0.25, 0.3) is 0 Å². The maximum Gasteiger partial charge on any atom is 0.123 e. The van der Waals surface area contributed by atoms with Gasteiger partial charge in [0, 0.05) is 19.7 Å². The summed E-state index contributed by atoms with van der Waals surface area (Å²) in [5.41, 5.74) is 0.604. The number of ether oxygens (including phenoxy) is 1. The summed E-state index contributed by atoms with van der Waals surface area (Å²) in [6.07, 6.45) is 2.99. The third-order valence-corrected chi connectivity index (χ3v) is 3.22. The van der Waals surface area contributed by atoms with Crippen LogP contribution in [-0.2, 0) is 4.74 Å². The van der Waals surface area contributed by atoms with E-state index in [1.807, 2.05) is 0 Å². The Morgan fingerprint density at radius 3 is 3.06 bits per heavy atom. The molecule has 100 valence electrons. The van der Waals surface area contributed by atoms with Gasteiger partial charge in [0.25, 0.3) is 0 Å². The maximum atomic E-state index is 13.0. The van der Waals surface area contributed by atoms with Gasteiger partial charge < -0.3 is 15.2 Å². The molecule has 2 N–H and O–H groups in total. The van der Waals surface area contributed by atoms with E-state index in [4.69, 9.17) is 4.74 Å². The summed E-state index contributed by atoms with van der Waals surface area (Å²) in [7, 11) is 0. The summed E-state index contributed by atoms with van der Waals surface area (Å²) in [5, 5.41) is 13.1. The van der Waals surface area contributed by atoms with Crippen LogP contribution >= 0.6 is 0 Å². The van der Waals surface area contributed by atoms with Crippen LogP contribution < -0.4 is 5.32 Å². The van der Waals surface area contributed by atoms with E-state index in [0.717, 1.165) is 26.0 Å². The topological polar surface area (TPSA) is 41.5 Å². The predicted octanol–water partition coefficient (Wildman–Crippen LogP) is 2.02. The molecule has 1 aliphatic heterocycles. The van der Waals surface area contributed by atoms with Crippen LogP contribution in [0.1, 0.15) is 30.9 Å². The Morgan fingerprint density at radius 2 is 2.33 bits per heavy atom. The maximum absolute atomic E-state index is 13.0.